The number of nitrogens with zero attached hydrogens (tertiary/aromatic N) is 2. The molecule has 8 heteroatoms. The van der Waals surface area contributed by atoms with Gasteiger partial charge in [0.25, 0.3) is 11.7 Å². The van der Waals surface area contributed by atoms with Crippen molar-refractivity contribution >= 4 is 28.2 Å². The molecule has 3 aromatic carbocycles. The van der Waals surface area contributed by atoms with Gasteiger partial charge in [0.1, 0.15) is 23.9 Å². The smallest absolute Gasteiger partial charge is 0.295 e. The van der Waals surface area contributed by atoms with Gasteiger partial charge < -0.3 is 24.2 Å². The molecular formula is C31H32N2O6. The third kappa shape index (κ3) is 5.53. The average molecular weight is 529 g/mol. The van der Waals surface area contributed by atoms with Crippen LogP contribution in [-0.4, -0.2) is 79.7 Å². The third-order valence-electron chi connectivity index (χ3n) is 7.16. The van der Waals surface area contributed by atoms with E-state index in [9.17, 15) is 14.7 Å². The molecule has 0 aliphatic carbocycles. The van der Waals surface area contributed by atoms with E-state index in [0.717, 1.165) is 29.6 Å². The number of benzene rings is 3. The van der Waals surface area contributed by atoms with Gasteiger partial charge in [0.2, 0.25) is 0 Å². The molecule has 1 atom stereocenters. The minimum absolute atomic E-state index is 0.0655. The minimum Gasteiger partial charge on any atom is -0.507 e. The lowest BCUT2D eigenvalue weighted by Gasteiger charge is -2.31. The summed E-state index contributed by atoms with van der Waals surface area (Å²) >= 11 is 0. The van der Waals surface area contributed by atoms with E-state index >= 15 is 0 Å². The fourth-order valence-corrected chi connectivity index (χ4v) is 5.11. The molecule has 0 bridgehead atoms. The topological polar surface area (TPSA) is 88.5 Å². The first-order valence-electron chi connectivity index (χ1n) is 13.0. The van der Waals surface area contributed by atoms with E-state index in [0.29, 0.717) is 49.8 Å². The van der Waals surface area contributed by atoms with Crippen LogP contribution in [-0.2, 0) is 14.3 Å². The van der Waals surface area contributed by atoms with Gasteiger partial charge >= 0.3 is 0 Å². The van der Waals surface area contributed by atoms with E-state index in [1.807, 2.05) is 54.6 Å². The zero-order valence-corrected chi connectivity index (χ0v) is 22.0. The SMILES string of the molecule is C=CCOc1cccc(C2/C(=C(\O)c3ccc4cc(OC)ccc4c3)C(=O)C(=O)N2CCN2CCOCC2)c1. The summed E-state index contributed by atoms with van der Waals surface area (Å²) in [5, 5.41) is 13.3. The number of rotatable bonds is 9. The van der Waals surface area contributed by atoms with Gasteiger partial charge in [-0.1, -0.05) is 43.0 Å². The van der Waals surface area contributed by atoms with Crippen molar-refractivity contribution in [3.8, 4) is 11.5 Å². The average Bonchev–Trinajstić information content (AvgIpc) is 3.23. The van der Waals surface area contributed by atoms with Crippen molar-refractivity contribution in [1.29, 1.82) is 0 Å². The van der Waals surface area contributed by atoms with Crippen molar-refractivity contribution < 1.29 is 28.9 Å². The number of Topliss-reactive ketones (excluding diaryl/α,β-unsaturated/α-hetero) is 1. The number of ketones is 1. The Bertz CT molecular complexity index is 1430. The minimum atomic E-state index is -0.759. The maximum atomic E-state index is 13.5. The van der Waals surface area contributed by atoms with Crippen molar-refractivity contribution in [1.82, 2.24) is 9.80 Å². The number of aliphatic hydroxyl groups is 1. The van der Waals surface area contributed by atoms with Gasteiger partial charge in [-0.15, -0.1) is 0 Å². The number of methoxy groups -OCH3 is 1. The summed E-state index contributed by atoms with van der Waals surface area (Å²) in [6, 6.07) is 17.6. The highest BCUT2D eigenvalue weighted by molar-refractivity contribution is 6.46. The summed E-state index contributed by atoms with van der Waals surface area (Å²) in [5.41, 5.74) is 1.21. The lowest BCUT2D eigenvalue weighted by molar-refractivity contribution is -0.140. The Hall–Kier alpha value is -4.14. The molecule has 2 fully saturated rings. The van der Waals surface area contributed by atoms with Gasteiger partial charge in [0, 0.05) is 31.7 Å². The number of carbonyl (C=O) groups is 2. The Morgan fingerprint density at radius 2 is 1.79 bits per heavy atom. The number of aliphatic hydroxyl groups excluding tert-OH is 1. The third-order valence-corrected chi connectivity index (χ3v) is 7.16. The zero-order chi connectivity index (χ0) is 27.4. The molecule has 0 saturated carbocycles. The van der Waals surface area contributed by atoms with E-state index in [1.54, 1.807) is 24.2 Å². The molecule has 1 amide bonds. The summed E-state index contributed by atoms with van der Waals surface area (Å²) in [6.07, 6.45) is 1.65. The van der Waals surface area contributed by atoms with Crippen molar-refractivity contribution in [2.75, 3.05) is 53.1 Å². The van der Waals surface area contributed by atoms with Crippen molar-refractivity contribution in [2.24, 2.45) is 0 Å². The number of carbonyl (C=O) groups excluding carboxylic acids is 2. The Morgan fingerprint density at radius 3 is 2.56 bits per heavy atom. The summed E-state index contributed by atoms with van der Waals surface area (Å²) in [6.45, 7) is 7.75. The van der Waals surface area contributed by atoms with Gasteiger partial charge in [0.15, 0.2) is 0 Å². The molecule has 2 aliphatic rings. The van der Waals surface area contributed by atoms with Gasteiger partial charge in [-0.25, -0.2) is 0 Å². The second-order valence-electron chi connectivity index (χ2n) is 9.55. The van der Waals surface area contributed by atoms with E-state index in [-0.39, 0.29) is 11.3 Å². The van der Waals surface area contributed by atoms with Crippen LogP contribution >= 0.6 is 0 Å². The molecule has 3 aromatic rings. The molecule has 1 N–H and O–H groups in total. The standard InChI is InChI=1S/C31H32N2O6/c1-3-15-39-26-6-4-5-23(20-26)28-27(30(35)31(36)33(28)12-11-32-13-16-38-17-14-32)29(34)24-8-7-22-19-25(37-2)10-9-21(22)18-24/h3-10,18-20,28,34H,1,11-17H2,2H3/b29-27+. The van der Waals surface area contributed by atoms with Crippen LogP contribution in [0.25, 0.3) is 16.5 Å². The Kier molecular flexibility index (Phi) is 7.95. The zero-order valence-electron chi connectivity index (χ0n) is 22.0. The highest BCUT2D eigenvalue weighted by Crippen LogP contribution is 2.40. The summed E-state index contributed by atoms with van der Waals surface area (Å²) in [4.78, 5) is 30.6. The predicted octanol–water partition coefficient (Wildman–Crippen LogP) is 4.17. The van der Waals surface area contributed by atoms with E-state index < -0.39 is 17.7 Å². The first-order chi connectivity index (χ1) is 19.0. The predicted molar refractivity (Wildman–Crippen MR) is 149 cm³/mol. The fourth-order valence-electron chi connectivity index (χ4n) is 5.11. The maximum Gasteiger partial charge on any atom is 0.295 e. The van der Waals surface area contributed by atoms with Crippen LogP contribution < -0.4 is 9.47 Å². The quantitative estimate of drug-likeness (QED) is 0.193. The summed E-state index contributed by atoms with van der Waals surface area (Å²) in [5.74, 6) is -0.221. The monoisotopic (exact) mass is 528 g/mol. The van der Waals surface area contributed by atoms with Crippen LogP contribution in [0.5, 0.6) is 11.5 Å². The van der Waals surface area contributed by atoms with Crippen molar-refractivity contribution in [3.05, 3.63) is 90.0 Å². The second kappa shape index (κ2) is 11.7. The lowest BCUT2D eigenvalue weighted by Crippen LogP contribution is -2.42. The van der Waals surface area contributed by atoms with E-state index in [1.165, 1.54) is 0 Å². The normalized spacial score (nSPS) is 19.4. The maximum absolute atomic E-state index is 13.5. The molecule has 2 heterocycles. The number of fused-ring (bicyclic) bond motifs is 1. The van der Waals surface area contributed by atoms with Crippen molar-refractivity contribution in [2.45, 2.75) is 6.04 Å². The highest BCUT2D eigenvalue weighted by Gasteiger charge is 2.46. The van der Waals surface area contributed by atoms with Gasteiger partial charge in [-0.05, 0) is 46.7 Å². The van der Waals surface area contributed by atoms with Crippen LogP contribution in [0.2, 0.25) is 0 Å². The number of ether oxygens (including phenoxy) is 3. The largest absolute Gasteiger partial charge is 0.507 e. The number of amides is 1. The molecular weight excluding hydrogens is 496 g/mol. The molecule has 202 valence electrons. The van der Waals surface area contributed by atoms with Crippen LogP contribution in [0.1, 0.15) is 17.2 Å². The molecule has 0 aromatic heterocycles. The van der Waals surface area contributed by atoms with Gasteiger partial charge in [-0.2, -0.15) is 0 Å². The second-order valence-corrected chi connectivity index (χ2v) is 9.55. The molecule has 2 aliphatic heterocycles. The molecule has 2 saturated heterocycles. The Morgan fingerprint density at radius 1 is 1.03 bits per heavy atom. The molecule has 0 radical (unpaired) electrons. The summed E-state index contributed by atoms with van der Waals surface area (Å²) in [7, 11) is 1.61. The number of hydrogen-bond donors (Lipinski definition) is 1. The summed E-state index contributed by atoms with van der Waals surface area (Å²) < 4.78 is 16.5. The van der Waals surface area contributed by atoms with Crippen LogP contribution in [0.3, 0.4) is 0 Å². The lowest BCUT2D eigenvalue weighted by atomic mass is 9.94. The van der Waals surface area contributed by atoms with E-state index in [2.05, 4.69) is 11.5 Å². The molecule has 5 rings (SSSR count). The number of hydrogen-bond acceptors (Lipinski definition) is 7. The first-order valence-corrected chi connectivity index (χ1v) is 13.0. The van der Waals surface area contributed by atoms with E-state index in [4.69, 9.17) is 14.2 Å². The van der Waals surface area contributed by atoms with Crippen LogP contribution in [0, 0.1) is 0 Å². The number of likely N-dealkylation sites (tertiary alicyclic amines) is 1. The van der Waals surface area contributed by atoms with Gasteiger partial charge in [-0.3, -0.25) is 14.5 Å². The fraction of sp³-hybridized carbons (Fsp3) is 0.290. The van der Waals surface area contributed by atoms with Crippen molar-refractivity contribution in [3.63, 3.8) is 0 Å². The molecule has 8 nitrogen and oxygen atoms in total. The van der Waals surface area contributed by atoms with Gasteiger partial charge in [0.05, 0.1) is 31.9 Å². The van der Waals surface area contributed by atoms with Crippen LogP contribution in [0.4, 0.5) is 0 Å². The molecule has 39 heavy (non-hydrogen) atoms. The molecule has 1 unspecified atom stereocenters. The highest BCUT2D eigenvalue weighted by atomic mass is 16.5. The Balaban J connectivity index is 1.56. The van der Waals surface area contributed by atoms with Crippen LogP contribution in [0.15, 0.2) is 78.9 Å². The molecule has 0 spiro atoms. The Labute approximate surface area is 227 Å². The first kappa shape index (κ1) is 26.5. The number of morpholine rings is 1.